The van der Waals surface area contributed by atoms with Gasteiger partial charge in [0.15, 0.2) is 0 Å². The van der Waals surface area contributed by atoms with Gasteiger partial charge in [0.05, 0.1) is 0 Å². The lowest BCUT2D eigenvalue weighted by molar-refractivity contribution is -0.159. The predicted octanol–water partition coefficient (Wildman–Crippen LogP) is 3.41. The van der Waals surface area contributed by atoms with Crippen molar-refractivity contribution in [1.29, 1.82) is 0 Å². The Labute approximate surface area is 134 Å². The lowest BCUT2D eigenvalue weighted by Crippen LogP contribution is -2.34. The molecule has 9 heteroatoms. The van der Waals surface area contributed by atoms with Crippen LogP contribution in [-0.4, -0.2) is 27.5 Å². The van der Waals surface area contributed by atoms with E-state index >= 15 is 0 Å². The minimum absolute atomic E-state index is 0.0299. The summed E-state index contributed by atoms with van der Waals surface area (Å²) in [6.45, 7) is 0.699. The smallest absolute Gasteiger partial charge is 0.338 e. The molecule has 128 valence electrons. The van der Waals surface area contributed by atoms with Crippen LogP contribution in [0.3, 0.4) is 0 Å². The molecule has 0 bridgehead atoms. The van der Waals surface area contributed by atoms with Crippen LogP contribution in [-0.2, 0) is 17.5 Å². The van der Waals surface area contributed by atoms with E-state index in [-0.39, 0.29) is 29.4 Å². The van der Waals surface area contributed by atoms with Crippen LogP contribution in [0.5, 0.6) is 0 Å². The van der Waals surface area contributed by atoms with Crippen molar-refractivity contribution in [2.24, 2.45) is 0 Å². The second kappa shape index (κ2) is 6.21. The first-order chi connectivity index (χ1) is 11.3. The Morgan fingerprint density at radius 2 is 2.04 bits per heavy atom. The molecule has 2 heterocycles. The molecule has 1 aliphatic rings. The number of likely N-dealkylation sites (tertiary alicyclic amines) is 1. The molecule has 0 unspecified atom stereocenters. The number of rotatable bonds is 3. The van der Waals surface area contributed by atoms with E-state index in [1.54, 1.807) is 4.90 Å². The van der Waals surface area contributed by atoms with Gasteiger partial charge in [0.25, 0.3) is 0 Å². The van der Waals surface area contributed by atoms with Crippen LogP contribution in [0.1, 0.15) is 30.7 Å². The molecule has 1 aliphatic heterocycles. The minimum atomic E-state index is -4.75. The van der Waals surface area contributed by atoms with E-state index in [0.717, 1.165) is 18.9 Å². The fourth-order valence-electron chi connectivity index (χ4n) is 2.51. The van der Waals surface area contributed by atoms with Gasteiger partial charge in [-0.05, 0) is 18.9 Å². The molecule has 0 aliphatic carbocycles. The highest BCUT2D eigenvalue weighted by molar-refractivity contribution is 5.76. The van der Waals surface area contributed by atoms with E-state index in [2.05, 4.69) is 14.7 Å². The van der Waals surface area contributed by atoms with Crippen LogP contribution in [0, 0.1) is 5.82 Å². The Balaban J connectivity index is 1.79. The summed E-state index contributed by atoms with van der Waals surface area (Å²) in [4.78, 5) is 16.5. The molecule has 0 N–H and O–H groups in total. The lowest BCUT2D eigenvalue weighted by atomic mass is 10.1. The van der Waals surface area contributed by atoms with E-state index in [1.165, 1.54) is 12.1 Å². The minimum Gasteiger partial charge on any atom is -0.338 e. The zero-order valence-electron chi connectivity index (χ0n) is 12.4. The summed E-state index contributed by atoms with van der Waals surface area (Å²) in [7, 11) is 0. The molecule has 1 aromatic carbocycles. The lowest BCUT2D eigenvalue weighted by Gasteiger charge is -2.26. The number of benzene rings is 1. The SMILES string of the molecule is O=C1CCCCN1Cc1ccc(-c2noc(C(F)(F)F)n2)cc1F. The van der Waals surface area contributed by atoms with Crippen LogP contribution < -0.4 is 0 Å². The summed E-state index contributed by atoms with van der Waals surface area (Å²) in [6.07, 6.45) is -2.61. The third-order valence-corrected chi connectivity index (χ3v) is 3.76. The normalized spacial score (nSPS) is 15.8. The number of nitrogens with zero attached hydrogens (tertiary/aromatic N) is 3. The van der Waals surface area contributed by atoms with E-state index in [4.69, 9.17) is 0 Å². The summed E-state index contributed by atoms with van der Waals surface area (Å²) >= 11 is 0. The first-order valence-corrected chi connectivity index (χ1v) is 7.32. The van der Waals surface area contributed by atoms with Crippen molar-refractivity contribution in [3.05, 3.63) is 35.5 Å². The number of halogens is 4. The Morgan fingerprint density at radius 3 is 2.67 bits per heavy atom. The number of piperidine rings is 1. The molecule has 0 saturated carbocycles. The van der Waals surface area contributed by atoms with Gasteiger partial charge in [-0.1, -0.05) is 17.3 Å². The van der Waals surface area contributed by atoms with Gasteiger partial charge in [0, 0.05) is 30.6 Å². The van der Waals surface area contributed by atoms with Gasteiger partial charge >= 0.3 is 12.1 Å². The van der Waals surface area contributed by atoms with E-state index < -0.39 is 17.9 Å². The summed E-state index contributed by atoms with van der Waals surface area (Å²) in [5, 5.41) is 3.21. The number of carbonyl (C=O) groups excluding carboxylic acids is 1. The number of hydrogen-bond acceptors (Lipinski definition) is 4. The largest absolute Gasteiger partial charge is 0.471 e. The molecule has 0 radical (unpaired) electrons. The second-order valence-corrected chi connectivity index (χ2v) is 5.50. The number of carbonyl (C=O) groups is 1. The second-order valence-electron chi connectivity index (χ2n) is 5.50. The summed E-state index contributed by atoms with van der Waals surface area (Å²) in [5.41, 5.74) is 0.356. The Hall–Kier alpha value is -2.45. The molecule has 1 saturated heterocycles. The monoisotopic (exact) mass is 343 g/mol. The number of amides is 1. The van der Waals surface area contributed by atoms with Crippen molar-refractivity contribution in [1.82, 2.24) is 15.0 Å². The Bertz CT molecular complexity index is 757. The number of aromatic nitrogens is 2. The molecule has 24 heavy (non-hydrogen) atoms. The van der Waals surface area contributed by atoms with Crippen LogP contribution in [0.25, 0.3) is 11.4 Å². The first-order valence-electron chi connectivity index (χ1n) is 7.32. The third kappa shape index (κ3) is 3.39. The first kappa shape index (κ1) is 16.4. The van der Waals surface area contributed by atoms with E-state index in [1.807, 2.05) is 0 Å². The summed E-state index contributed by atoms with van der Waals surface area (Å²) < 4.78 is 55.7. The van der Waals surface area contributed by atoms with Gasteiger partial charge in [-0.15, -0.1) is 0 Å². The zero-order chi connectivity index (χ0) is 17.3. The van der Waals surface area contributed by atoms with Gasteiger partial charge in [-0.25, -0.2) is 4.39 Å². The highest BCUT2D eigenvalue weighted by Crippen LogP contribution is 2.30. The van der Waals surface area contributed by atoms with Crippen LogP contribution in [0.4, 0.5) is 17.6 Å². The fourth-order valence-corrected chi connectivity index (χ4v) is 2.51. The fraction of sp³-hybridized carbons (Fsp3) is 0.400. The van der Waals surface area contributed by atoms with Gasteiger partial charge in [0.2, 0.25) is 11.7 Å². The standard InChI is InChI=1S/C15H13F4N3O2/c16-11-7-9(13-20-14(24-21-13)15(17,18)19)4-5-10(11)8-22-6-2-1-3-12(22)23/h4-5,7H,1-3,6,8H2. The average molecular weight is 343 g/mol. The molecule has 0 atom stereocenters. The van der Waals surface area contributed by atoms with Gasteiger partial charge < -0.3 is 9.42 Å². The van der Waals surface area contributed by atoms with Crippen molar-refractivity contribution >= 4 is 5.91 Å². The van der Waals surface area contributed by atoms with Crippen LogP contribution >= 0.6 is 0 Å². The predicted molar refractivity (Wildman–Crippen MR) is 74.0 cm³/mol. The van der Waals surface area contributed by atoms with Crippen molar-refractivity contribution in [2.45, 2.75) is 32.0 Å². The van der Waals surface area contributed by atoms with Crippen molar-refractivity contribution < 1.29 is 26.9 Å². The van der Waals surface area contributed by atoms with Gasteiger partial charge in [-0.2, -0.15) is 18.2 Å². The van der Waals surface area contributed by atoms with Crippen molar-refractivity contribution in [2.75, 3.05) is 6.54 Å². The summed E-state index contributed by atoms with van der Waals surface area (Å²) in [6, 6.07) is 3.85. The van der Waals surface area contributed by atoms with Crippen molar-refractivity contribution in [3.63, 3.8) is 0 Å². The molecule has 1 fully saturated rings. The summed E-state index contributed by atoms with van der Waals surface area (Å²) in [5.74, 6) is -2.50. The topological polar surface area (TPSA) is 59.2 Å². The maximum absolute atomic E-state index is 14.2. The maximum Gasteiger partial charge on any atom is 0.471 e. The number of alkyl halides is 3. The molecule has 5 nitrogen and oxygen atoms in total. The molecule has 1 aromatic heterocycles. The molecule has 1 amide bonds. The van der Waals surface area contributed by atoms with Gasteiger partial charge in [0.1, 0.15) is 5.82 Å². The highest BCUT2D eigenvalue weighted by Gasteiger charge is 2.38. The van der Waals surface area contributed by atoms with E-state index in [9.17, 15) is 22.4 Å². The average Bonchev–Trinajstić information content (AvgIpc) is 3.01. The molecule has 2 aromatic rings. The number of hydrogen-bond donors (Lipinski definition) is 0. The molecular formula is C15H13F4N3O2. The van der Waals surface area contributed by atoms with Gasteiger partial charge in [-0.3, -0.25) is 4.79 Å². The quantitative estimate of drug-likeness (QED) is 0.802. The van der Waals surface area contributed by atoms with E-state index in [0.29, 0.717) is 13.0 Å². The molecular weight excluding hydrogens is 330 g/mol. The Kier molecular flexibility index (Phi) is 4.25. The highest BCUT2D eigenvalue weighted by atomic mass is 19.4. The third-order valence-electron chi connectivity index (χ3n) is 3.76. The molecule has 3 rings (SSSR count). The molecule has 0 spiro atoms. The Morgan fingerprint density at radius 1 is 1.25 bits per heavy atom. The zero-order valence-corrected chi connectivity index (χ0v) is 12.4. The van der Waals surface area contributed by atoms with Crippen LogP contribution in [0.2, 0.25) is 0 Å². The van der Waals surface area contributed by atoms with Crippen molar-refractivity contribution in [3.8, 4) is 11.4 Å². The maximum atomic E-state index is 14.2. The van der Waals surface area contributed by atoms with Crippen LogP contribution in [0.15, 0.2) is 22.7 Å².